The number of amides is 2. The summed E-state index contributed by atoms with van der Waals surface area (Å²) in [5, 5.41) is 0.770. The van der Waals surface area contributed by atoms with Gasteiger partial charge in [-0.2, -0.15) is 0 Å². The van der Waals surface area contributed by atoms with Gasteiger partial charge < -0.3 is 15.5 Å². The highest BCUT2D eigenvalue weighted by Gasteiger charge is 2.37. The Morgan fingerprint density at radius 3 is 2.81 bits per heavy atom. The SMILES string of the molecule is CCCC1CN(Cc2ccc3c(N)ncnc3c2)C(=O)C(=O)N1C/C=C/c1ccc(Cl)s1. The predicted octanol–water partition coefficient (Wildman–Crippen LogP) is 3.98. The smallest absolute Gasteiger partial charge is 0.312 e. The molecule has 0 aliphatic carbocycles. The zero-order chi connectivity index (χ0) is 22.7. The van der Waals surface area contributed by atoms with Crippen LogP contribution in [0.5, 0.6) is 0 Å². The zero-order valence-electron chi connectivity index (χ0n) is 17.7. The Kier molecular flexibility index (Phi) is 6.72. The molecule has 7 nitrogen and oxygen atoms in total. The highest BCUT2D eigenvalue weighted by atomic mass is 35.5. The number of rotatable bonds is 7. The third-order valence-electron chi connectivity index (χ3n) is 5.51. The van der Waals surface area contributed by atoms with Gasteiger partial charge in [-0.05, 0) is 42.3 Å². The minimum atomic E-state index is -0.479. The summed E-state index contributed by atoms with van der Waals surface area (Å²) in [6.45, 7) is 3.33. The lowest BCUT2D eigenvalue weighted by molar-refractivity contribution is -0.159. The Labute approximate surface area is 195 Å². The average molecular weight is 470 g/mol. The normalized spacial score (nSPS) is 17.1. The minimum Gasteiger partial charge on any atom is -0.383 e. The van der Waals surface area contributed by atoms with Gasteiger partial charge in [-0.25, -0.2) is 9.97 Å². The second-order valence-electron chi connectivity index (χ2n) is 7.74. The van der Waals surface area contributed by atoms with E-state index in [1.807, 2.05) is 42.5 Å². The molecule has 3 aromatic rings. The molecule has 0 bridgehead atoms. The van der Waals surface area contributed by atoms with Crippen molar-refractivity contribution >= 4 is 57.5 Å². The molecule has 1 fully saturated rings. The largest absolute Gasteiger partial charge is 0.383 e. The van der Waals surface area contributed by atoms with Crippen molar-refractivity contribution in [2.75, 3.05) is 18.8 Å². The Morgan fingerprint density at radius 1 is 1.22 bits per heavy atom. The van der Waals surface area contributed by atoms with Crippen LogP contribution in [0.2, 0.25) is 4.34 Å². The van der Waals surface area contributed by atoms with E-state index in [9.17, 15) is 9.59 Å². The van der Waals surface area contributed by atoms with Crippen LogP contribution < -0.4 is 5.73 Å². The lowest BCUT2D eigenvalue weighted by Crippen LogP contribution is -2.59. The Bertz CT molecular complexity index is 1180. The summed E-state index contributed by atoms with van der Waals surface area (Å²) in [5.41, 5.74) is 7.52. The number of anilines is 1. The number of benzene rings is 1. The molecule has 4 rings (SSSR count). The van der Waals surface area contributed by atoms with Gasteiger partial charge in [0.15, 0.2) is 0 Å². The fraction of sp³-hybridized carbons (Fsp3) is 0.304. The van der Waals surface area contributed by atoms with E-state index in [1.165, 1.54) is 17.7 Å². The molecule has 1 aliphatic rings. The number of piperazine rings is 1. The molecule has 32 heavy (non-hydrogen) atoms. The van der Waals surface area contributed by atoms with E-state index in [0.717, 1.165) is 38.5 Å². The van der Waals surface area contributed by atoms with Gasteiger partial charge in [-0.15, -0.1) is 11.3 Å². The molecule has 1 aromatic carbocycles. The zero-order valence-corrected chi connectivity index (χ0v) is 19.3. The quantitative estimate of drug-likeness (QED) is 0.528. The molecule has 1 atom stereocenters. The van der Waals surface area contributed by atoms with Crippen molar-refractivity contribution < 1.29 is 9.59 Å². The van der Waals surface area contributed by atoms with Gasteiger partial charge in [0.25, 0.3) is 0 Å². The fourth-order valence-electron chi connectivity index (χ4n) is 3.95. The number of halogens is 1. The van der Waals surface area contributed by atoms with Crippen molar-refractivity contribution in [3.63, 3.8) is 0 Å². The first-order valence-electron chi connectivity index (χ1n) is 10.5. The van der Waals surface area contributed by atoms with Crippen LogP contribution in [-0.2, 0) is 16.1 Å². The van der Waals surface area contributed by atoms with Crippen LogP contribution in [-0.4, -0.2) is 50.7 Å². The van der Waals surface area contributed by atoms with E-state index in [2.05, 4.69) is 16.9 Å². The van der Waals surface area contributed by atoms with Crippen LogP contribution in [0.4, 0.5) is 5.82 Å². The number of nitrogens with zero attached hydrogens (tertiary/aromatic N) is 4. The standard InChI is InChI=1S/C23H24ClN5O2S/c1-2-4-16-13-28(12-15-6-8-18-19(11-15)26-14-27-21(18)25)22(30)23(31)29(16)10-3-5-17-7-9-20(24)32-17/h3,5-9,11,14,16H,2,4,10,12-13H2,1H3,(H2,25,26,27)/b5-3+. The second kappa shape index (κ2) is 9.67. The molecule has 0 radical (unpaired) electrons. The molecule has 2 amide bonds. The highest BCUT2D eigenvalue weighted by molar-refractivity contribution is 7.16. The maximum atomic E-state index is 13.0. The van der Waals surface area contributed by atoms with E-state index in [-0.39, 0.29) is 6.04 Å². The summed E-state index contributed by atoms with van der Waals surface area (Å²) in [6.07, 6.45) is 7.03. The third-order valence-corrected chi connectivity index (χ3v) is 6.70. The summed E-state index contributed by atoms with van der Waals surface area (Å²) >= 11 is 7.45. The molecule has 0 saturated carbocycles. The van der Waals surface area contributed by atoms with Gasteiger partial charge in [0.1, 0.15) is 12.1 Å². The van der Waals surface area contributed by atoms with Crippen LogP contribution in [0.3, 0.4) is 0 Å². The van der Waals surface area contributed by atoms with E-state index < -0.39 is 11.8 Å². The molecular weight excluding hydrogens is 446 g/mol. The summed E-state index contributed by atoms with van der Waals surface area (Å²) in [7, 11) is 0. The number of nitrogen functional groups attached to an aromatic ring is 1. The van der Waals surface area contributed by atoms with Gasteiger partial charge in [-0.1, -0.05) is 37.1 Å². The van der Waals surface area contributed by atoms with Crippen LogP contribution in [0, 0.1) is 0 Å². The number of carbonyl (C=O) groups excluding carboxylic acids is 2. The Hall–Kier alpha value is -2.97. The Morgan fingerprint density at radius 2 is 2.06 bits per heavy atom. The monoisotopic (exact) mass is 469 g/mol. The fourth-order valence-corrected chi connectivity index (χ4v) is 4.94. The lowest BCUT2D eigenvalue weighted by Gasteiger charge is -2.40. The number of fused-ring (bicyclic) bond motifs is 1. The summed E-state index contributed by atoms with van der Waals surface area (Å²) in [5.74, 6) is -0.523. The number of hydrogen-bond acceptors (Lipinski definition) is 6. The second-order valence-corrected chi connectivity index (χ2v) is 9.49. The maximum Gasteiger partial charge on any atom is 0.312 e. The van der Waals surface area contributed by atoms with Crippen molar-refractivity contribution in [1.29, 1.82) is 0 Å². The number of nitrogens with two attached hydrogens (primary N) is 1. The van der Waals surface area contributed by atoms with Crippen molar-refractivity contribution in [2.45, 2.75) is 32.4 Å². The summed E-state index contributed by atoms with van der Waals surface area (Å²) < 4.78 is 0.719. The van der Waals surface area contributed by atoms with Crippen molar-refractivity contribution in [1.82, 2.24) is 19.8 Å². The third kappa shape index (κ3) is 4.76. The number of aromatic nitrogens is 2. The first-order chi connectivity index (χ1) is 15.5. The first-order valence-corrected chi connectivity index (χ1v) is 11.7. The molecule has 9 heteroatoms. The van der Waals surface area contributed by atoms with Gasteiger partial charge in [0, 0.05) is 29.9 Å². The van der Waals surface area contributed by atoms with Gasteiger partial charge in [-0.3, -0.25) is 9.59 Å². The molecule has 0 spiro atoms. The van der Waals surface area contributed by atoms with Crippen LogP contribution >= 0.6 is 22.9 Å². The molecule has 2 N–H and O–H groups in total. The molecule has 2 aromatic heterocycles. The number of hydrogen-bond donors (Lipinski definition) is 1. The molecular formula is C23H24ClN5O2S. The van der Waals surface area contributed by atoms with Gasteiger partial charge in [0.2, 0.25) is 0 Å². The molecule has 1 unspecified atom stereocenters. The number of carbonyl (C=O) groups is 2. The molecule has 1 saturated heterocycles. The Balaban J connectivity index is 1.49. The predicted molar refractivity (Wildman–Crippen MR) is 128 cm³/mol. The van der Waals surface area contributed by atoms with Crippen LogP contribution in [0.1, 0.15) is 30.2 Å². The van der Waals surface area contributed by atoms with Crippen LogP contribution in [0.15, 0.2) is 42.7 Å². The van der Waals surface area contributed by atoms with E-state index in [1.54, 1.807) is 9.80 Å². The van der Waals surface area contributed by atoms with Crippen molar-refractivity contribution in [2.24, 2.45) is 0 Å². The van der Waals surface area contributed by atoms with E-state index >= 15 is 0 Å². The highest BCUT2D eigenvalue weighted by Crippen LogP contribution is 2.24. The summed E-state index contributed by atoms with van der Waals surface area (Å²) in [4.78, 5) is 38.4. The molecule has 3 heterocycles. The lowest BCUT2D eigenvalue weighted by atomic mass is 10.0. The van der Waals surface area contributed by atoms with E-state index in [4.69, 9.17) is 17.3 Å². The van der Waals surface area contributed by atoms with Crippen molar-refractivity contribution in [3.8, 4) is 0 Å². The van der Waals surface area contributed by atoms with Crippen LogP contribution in [0.25, 0.3) is 17.0 Å². The number of thiophene rings is 1. The minimum absolute atomic E-state index is 0.0276. The van der Waals surface area contributed by atoms with Gasteiger partial charge in [0.05, 0.1) is 15.9 Å². The molecule has 1 aliphatic heterocycles. The van der Waals surface area contributed by atoms with Gasteiger partial charge >= 0.3 is 11.8 Å². The average Bonchev–Trinajstić information content (AvgIpc) is 3.19. The topological polar surface area (TPSA) is 92.4 Å². The first kappa shape index (κ1) is 22.2. The van der Waals surface area contributed by atoms with Crippen molar-refractivity contribution in [3.05, 3.63) is 57.5 Å². The maximum absolute atomic E-state index is 13.0. The summed E-state index contributed by atoms with van der Waals surface area (Å²) in [6, 6.07) is 9.39. The molecule has 166 valence electrons. The van der Waals surface area contributed by atoms with E-state index in [0.29, 0.717) is 25.5 Å².